The second-order valence-corrected chi connectivity index (χ2v) is 5.16. The van der Waals surface area contributed by atoms with Crippen LogP contribution in [0.3, 0.4) is 0 Å². The van der Waals surface area contributed by atoms with E-state index in [0.717, 1.165) is 25.1 Å². The Morgan fingerprint density at radius 3 is 2.62 bits per heavy atom. The number of rotatable bonds is 2. The number of hydrogen-bond donors (Lipinski definition) is 1. The maximum absolute atomic E-state index is 9.73. The number of hydrogen-bond acceptors (Lipinski definition) is 3. The number of nitrogens with zero attached hydrogens (tertiary/aromatic N) is 3. The van der Waals surface area contributed by atoms with Gasteiger partial charge in [-0.05, 0) is 31.7 Å². The van der Waals surface area contributed by atoms with Gasteiger partial charge in [0.15, 0.2) is 0 Å². The van der Waals surface area contributed by atoms with Crippen molar-refractivity contribution < 1.29 is 5.11 Å². The summed E-state index contributed by atoms with van der Waals surface area (Å²) in [5.74, 6) is 0. The molecule has 1 aromatic rings. The van der Waals surface area contributed by atoms with Crippen molar-refractivity contribution in [1.82, 2.24) is 14.7 Å². The predicted molar refractivity (Wildman–Crippen MR) is 60.8 cm³/mol. The minimum absolute atomic E-state index is 0.0718. The van der Waals surface area contributed by atoms with Gasteiger partial charge in [0, 0.05) is 31.9 Å². The molecule has 0 saturated carbocycles. The van der Waals surface area contributed by atoms with Crippen LogP contribution in [0.5, 0.6) is 0 Å². The fourth-order valence-electron chi connectivity index (χ4n) is 3.24. The Morgan fingerprint density at radius 1 is 1.38 bits per heavy atom. The fourth-order valence-corrected chi connectivity index (χ4v) is 3.24. The van der Waals surface area contributed by atoms with Crippen LogP contribution in [0.2, 0.25) is 0 Å². The van der Waals surface area contributed by atoms with Crippen LogP contribution >= 0.6 is 0 Å². The number of aliphatic hydroxyl groups is 1. The molecule has 4 nitrogen and oxygen atoms in total. The van der Waals surface area contributed by atoms with Gasteiger partial charge in [-0.25, -0.2) is 0 Å². The molecule has 1 aromatic heterocycles. The normalized spacial score (nSPS) is 34.5. The third kappa shape index (κ3) is 1.76. The van der Waals surface area contributed by atoms with Crippen LogP contribution in [0, 0.1) is 0 Å². The summed E-state index contributed by atoms with van der Waals surface area (Å²) in [5.41, 5.74) is 1.15. The van der Waals surface area contributed by atoms with Gasteiger partial charge < -0.3 is 5.11 Å². The molecular weight excluding hydrogens is 202 g/mol. The van der Waals surface area contributed by atoms with E-state index in [4.69, 9.17) is 0 Å². The van der Waals surface area contributed by atoms with E-state index in [2.05, 4.69) is 16.1 Å². The van der Waals surface area contributed by atoms with Gasteiger partial charge in [0.2, 0.25) is 0 Å². The molecule has 1 N–H and O–H groups in total. The van der Waals surface area contributed by atoms with E-state index in [1.165, 1.54) is 12.8 Å². The Hall–Kier alpha value is -0.870. The van der Waals surface area contributed by atoms with Gasteiger partial charge in [-0.1, -0.05) is 0 Å². The first kappa shape index (κ1) is 10.3. The first-order valence-corrected chi connectivity index (χ1v) is 6.14. The Labute approximate surface area is 95.9 Å². The van der Waals surface area contributed by atoms with Crippen LogP contribution in [-0.2, 0) is 13.6 Å². The largest absolute Gasteiger partial charge is 0.393 e. The molecule has 2 saturated heterocycles. The standard InChI is InChI=1S/C12H19N3O/c1-14-5-4-9(13-14)8-15-10-2-3-11(15)7-12(16)6-10/h4-5,10-12,16H,2-3,6-8H2,1H3. The number of piperidine rings is 1. The smallest absolute Gasteiger partial charge is 0.0764 e. The van der Waals surface area contributed by atoms with Crippen molar-refractivity contribution >= 4 is 0 Å². The molecule has 2 unspecified atom stereocenters. The molecule has 0 spiro atoms. The van der Waals surface area contributed by atoms with E-state index >= 15 is 0 Å². The second kappa shape index (κ2) is 3.86. The summed E-state index contributed by atoms with van der Waals surface area (Å²) in [6.45, 7) is 0.947. The third-order valence-electron chi connectivity index (χ3n) is 3.97. The first-order valence-electron chi connectivity index (χ1n) is 6.14. The van der Waals surface area contributed by atoms with E-state index in [-0.39, 0.29) is 6.10 Å². The lowest BCUT2D eigenvalue weighted by Crippen LogP contribution is -2.44. The quantitative estimate of drug-likeness (QED) is 0.807. The topological polar surface area (TPSA) is 41.3 Å². The summed E-state index contributed by atoms with van der Waals surface area (Å²) in [4.78, 5) is 2.54. The van der Waals surface area contributed by atoms with Crippen LogP contribution in [-0.4, -0.2) is 38.0 Å². The van der Waals surface area contributed by atoms with Gasteiger partial charge in [0.1, 0.15) is 0 Å². The molecule has 0 amide bonds. The maximum atomic E-state index is 9.73. The highest BCUT2D eigenvalue weighted by atomic mass is 16.3. The summed E-state index contributed by atoms with van der Waals surface area (Å²) < 4.78 is 1.86. The second-order valence-electron chi connectivity index (χ2n) is 5.16. The third-order valence-corrected chi connectivity index (χ3v) is 3.97. The molecule has 0 radical (unpaired) electrons. The highest BCUT2D eigenvalue weighted by Crippen LogP contribution is 2.36. The molecule has 2 aliphatic heterocycles. The van der Waals surface area contributed by atoms with Gasteiger partial charge in [0.25, 0.3) is 0 Å². The molecule has 4 heteroatoms. The van der Waals surface area contributed by atoms with Gasteiger partial charge in [-0.3, -0.25) is 9.58 Å². The van der Waals surface area contributed by atoms with Crippen molar-refractivity contribution in [2.45, 2.75) is 50.4 Å². The zero-order valence-corrected chi connectivity index (χ0v) is 9.71. The number of aryl methyl sites for hydroxylation is 1. The molecule has 2 fully saturated rings. The monoisotopic (exact) mass is 221 g/mol. The van der Waals surface area contributed by atoms with Gasteiger partial charge >= 0.3 is 0 Å². The predicted octanol–water partition coefficient (Wildman–Crippen LogP) is 0.908. The Balaban J connectivity index is 1.72. The summed E-state index contributed by atoms with van der Waals surface area (Å²) in [7, 11) is 1.96. The van der Waals surface area contributed by atoms with Crippen molar-refractivity contribution in [1.29, 1.82) is 0 Å². The molecule has 3 heterocycles. The van der Waals surface area contributed by atoms with Gasteiger partial charge in [-0.15, -0.1) is 0 Å². The molecule has 88 valence electrons. The van der Waals surface area contributed by atoms with E-state index in [1.807, 2.05) is 17.9 Å². The van der Waals surface area contributed by atoms with Crippen molar-refractivity contribution in [3.8, 4) is 0 Å². The summed E-state index contributed by atoms with van der Waals surface area (Å²) in [5, 5.41) is 14.2. The lowest BCUT2D eigenvalue weighted by Gasteiger charge is -2.36. The summed E-state index contributed by atoms with van der Waals surface area (Å²) >= 11 is 0. The fraction of sp³-hybridized carbons (Fsp3) is 0.750. The Kier molecular flexibility index (Phi) is 2.48. The van der Waals surface area contributed by atoms with Crippen molar-refractivity contribution in [3.63, 3.8) is 0 Å². The lowest BCUT2D eigenvalue weighted by atomic mass is 10.00. The Morgan fingerprint density at radius 2 is 2.06 bits per heavy atom. The number of aromatic nitrogens is 2. The van der Waals surface area contributed by atoms with Crippen LogP contribution in [0.1, 0.15) is 31.4 Å². The van der Waals surface area contributed by atoms with Crippen molar-refractivity contribution in [2.24, 2.45) is 7.05 Å². The van der Waals surface area contributed by atoms with E-state index in [0.29, 0.717) is 12.1 Å². The van der Waals surface area contributed by atoms with E-state index in [9.17, 15) is 5.11 Å². The molecule has 3 rings (SSSR count). The highest BCUT2D eigenvalue weighted by Gasteiger charge is 2.40. The Bertz CT molecular complexity index is 362. The average molecular weight is 221 g/mol. The molecule has 16 heavy (non-hydrogen) atoms. The minimum Gasteiger partial charge on any atom is -0.393 e. The van der Waals surface area contributed by atoms with Crippen LogP contribution in [0.15, 0.2) is 12.3 Å². The zero-order chi connectivity index (χ0) is 11.1. The average Bonchev–Trinajstić information content (AvgIpc) is 2.72. The molecule has 2 bridgehead atoms. The molecule has 0 aliphatic carbocycles. The van der Waals surface area contributed by atoms with Crippen LogP contribution < -0.4 is 0 Å². The SMILES string of the molecule is Cn1ccc(CN2C3CCC2CC(O)C3)n1. The number of fused-ring (bicyclic) bond motifs is 2. The molecule has 0 aromatic carbocycles. The van der Waals surface area contributed by atoms with Crippen molar-refractivity contribution in [3.05, 3.63) is 18.0 Å². The van der Waals surface area contributed by atoms with Crippen LogP contribution in [0.4, 0.5) is 0 Å². The van der Waals surface area contributed by atoms with Crippen molar-refractivity contribution in [2.75, 3.05) is 0 Å². The maximum Gasteiger partial charge on any atom is 0.0764 e. The highest BCUT2D eigenvalue weighted by molar-refractivity contribution is 5.03. The first-order chi connectivity index (χ1) is 7.72. The van der Waals surface area contributed by atoms with E-state index in [1.54, 1.807) is 0 Å². The molecule has 2 aliphatic rings. The molecular formula is C12H19N3O. The summed E-state index contributed by atoms with van der Waals surface area (Å²) in [6.07, 6.45) is 6.31. The number of aliphatic hydroxyl groups excluding tert-OH is 1. The molecule has 2 atom stereocenters. The lowest BCUT2D eigenvalue weighted by molar-refractivity contribution is 0.0303. The van der Waals surface area contributed by atoms with E-state index < -0.39 is 0 Å². The van der Waals surface area contributed by atoms with Gasteiger partial charge in [0.05, 0.1) is 11.8 Å². The summed E-state index contributed by atoms with van der Waals surface area (Å²) in [6, 6.07) is 3.25. The minimum atomic E-state index is -0.0718. The van der Waals surface area contributed by atoms with Crippen LogP contribution in [0.25, 0.3) is 0 Å². The zero-order valence-electron chi connectivity index (χ0n) is 9.71. The van der Waals surface area contributed by atoms with Gasteiger partial charge in [-0.2, -0.15) is 5.10 Å².